The van der Waals surface area contributed by atoms with Crippen LogP contribution in [0.4, 0.5) is 18.9 Å². The molecule has 0 unspecified atom stereocenters. The summed E-state index contributed by atoms with van der Waals surface area (Å²) in [5, 5.41) is 0. The SMILES string of the molecule is FC(F)(F)c1ccc(N=P(N=P(N2CCCC2)(N2CCCC2)N2CCCC2)(N=P(N2CCCC2)(N2CCCC2)N2CCCC2)N2CCCC2)cc1. The Morgan fingerprint density at radius 1 is 0.392 bits per heavy atom. The minimum atomic E-state index is -4.39. The van der Waals surface area contributed by atoms with Crippen molar-refractivity contribution in [2.75, 3.05) is 91.6 Å². The third-order valence-corrected chi connectivity index (χ3v) is 24.6. The summed E-state index contributed by atoms with van der Waals surface area (Å²) in [5.74, 6) is 0. The van der Waals surface area contributed by atoms with Gasteiger partial charge in [-0.25, -0.2) is 37.4 Å². The van der Waals surface area contributed by atoms with E-state index in [0.29, 0.717) is 5.69 Å². The largest absolute Gasteiger partial charge is 0.416 e. The summed E-state index contributed by atoms with van der Waals surface area (Å²) in [6.07, 6.45) is 12.0. The van der Waals surface area contributed by atoms with E-state index in [4.69, 9.17) is 13.8 Å². The molecule has 0 saturated carbocycles. The summed E-state index contributed by atoms with van der Waals surface area (Å²) in [6, 6.07) is 5.68. The summed E-state index contributed by atoms with van der Waals surface area (Å²) < 4.78 is 79.9. The van der Waals surface area contributed by atoms with E-state index in [1.54, 1.807) is 12.1 Å². The van der Waals surface area contributed by atoms with Gasteiger partial charge in [0.25, 0.3) is 7.51 Å². The van der Waals surface area contributed by atoms with Gasteiger partial charge in [-0.05, 0) is 114 Å². The maximum absolute atomic E-state index is 13.9. The van der Waals surface area contributed by atoms with Crippen molar-refractivity contribution in [1.29, 1.82) is 0 Å². The van der Waals surface area contributed by atoms with Crippen molar-refractivity contribution >= 4 is 28.2 Å². The molecule has 10 nitrogen and oxygen atoms in total. The standard InChI is InChI=1S/C35H60F3N10P3/c36-35(37,38)33-15-17-34(18-16-33)39-49(42-19-1-2-20-42,40-50(43-21-3-4-22-43,44-23-5-6-24-44)45-25-7-8-26-45)41-51(46-27-9-10-28-46,47-29-11-12-30-47)48-31-13-14-32-48/h15-18H,1-14,19-32H2. The molecule has 7 fully saturated rings. The maximum atomic E-state index is 13.9. The van der Waals surface area contributed by atoms with Crippen LogP contribution in [0.2, 0.25) is 0 Å². The number of hydrogen-bond donors (Lipinski definition) is 0. The second-order valence-corrected chi connectivity index (χ2v) is 24.4. The van der Waals surface area contributed by atoms with Crippen molar-refractivity contribution in [2.45, 2.75) is 96.1 Å². The molecular weight excluding hydrogens is 710 g/mol. The highest BCUT2D eigenvalue weighted by atomic mass is 31.2. The van der Waals surface area contributed by atoms with Crippen LogP contribution in [0.5, 0.6) is 0 Å². The van der Waals surface area contributed by atoms with Crippen LogP contribution in [0.1, 0.15) is 95.5 Å². The lowest BCUT2D eigenvalue weighted by atomic mass is 10.2. The van der Waals surface area contributed by atoms with E-state index >= 15 is 0 Å². The average Bonchev–Trinajstić information content (AvgIpc) is 3.99. The number of nitrogens with zero attached hydrogens (tertiary/aromatic N) is 10. The van der Waals surface area contributed by atoms with Crippen molar-refractivity contribution < 1.29 is 13.2 Å². The molecule has 7 saturated heterocycles. The highest BCUT2D eigenvalue weighted by molar-refractivity contribution is 7.76. The van der Waals surface area contributed by atoms with Gasteiger partial charge in [0.05, 0.1) is 11.3 Å². The molecule has 16 heteroatoms. The van der Waals surface area contributed by atoms with Gasteiger partial charge in [-0.1, -0.05) is 0 Å². The van der Waals surface area contributed by atoms with E-state index in [2.05, 4.69) is 32.7 Å². The zero-order chi connectivity index (χ0) is 34.9. The average molecular weight is 771 g/mol. The lowest BCUT2D eigenvalue weighted by Gasteiger charge is -2.49. The first-order valence-corrected chi connectivity index (χ1v) is 25.0. The third-order valence-electron chi connectivity index (χ3n) is 12.2. The van der Waals surface area contributed by atoms with E-state index in [1.807, 2.05) is 0 Å². The fourth-order valence-corrected chi connectivity index (χ4v) is 25.1. The summed E-state index contributed by atoms with van der Waals surface area (Å²) >= 11 is 0. The fourth-order valence-electron chi connectivity index (χ4n) is 9.62. The van der Waals surface area contributed by atoms with Crippen molar-refractivity contribution in [3.63, 3.8) is 0 Å². The van der Waals surface area contributed by atoms with Crippen LogP contribution in [-0.2, 0) is 6.18 Å². The van der Waals surface area contributed by atoms with Crippen LogP contribution in [0.3, 0.4) is 0 Å². The van der Waals surface area contributed by atoms with Crippen LogP contribution in [0.15, 0.2) is 38.0 Å². The number of halogens is 3. The lowest BCUT2D eigenvalue weighted by Crippen LogP contribution is -2.39. The van der Waals surface area contributed by atoms with Crippen LogP contribution in [0.25, 0.3) is 0 Å². The van der Waals surface area contributed by atoms with Crippen LogP contribution in [0, 0.1) is 0 Å². The van der Waals surface area contributed by atoms with E-state index in [9.17, 15) is 13.2 Å². The highest BCUT2D eigenvalue weighted by Crippen LogP contribution is 2.78. The van der Waals surface area contributed by atoms with E-state index in [0.717, 1.165) is 104 Å². The van der Waals surface area contributed by atoms with Crippen molar-refractivity contribution in [2.24, 2.45) is 13.8 Å². The Balaban J connectivity index is 1.48. The summed E-state index contributed by atoms with van der Waals surface area (Å²) in [6.45, 7) is 14.4. The van der Waals surface area contributed by atoms with Gasteiger partial charge < -0.3 is 0 Å². The Hall–Kier alpha value is -0.580. The van der Waals surface area contributed by atoms with Crippen LogP contribution < -0.4 is 0 Å². The van der Waals surface area contributed by atoms with E-state index < -0.39 is 34.3 Å². The van der Waals surface area contributed by atoms with Crippen molar-refractivity contribution in [3.8, 4) is 0 Å². The first kappa shape index (κ1) is 37.3. The molecule has 0 spiro atoms. The Bertz CT molecular complexity index is 1330. The molecule has 8 rings (SSSR count). The Kier molecular flexibility index (Phi) is 11.6. The van der Waals surface area contributed by atoms with Crippen molar-refractivity contribution in [3.05, 3.63) is 29.8 Å². The van der Waals surface area contributed by atoms with Gasteiger partial charge >= 0.3 is 6.18 Å². The van der Waals surface area contributed by atoms with Gasteiger partial charge in [-0.15, -0.1) is 0 Å². The van der Waals surface area contributed by atoms with Gasteiger partial charge in [0.15, 0.2) is 15.0 Å². The van der Waals surface area contributed by atoms with Gasteiger partial charge in [-0.2, -0.15) is 22.2 Å². The second kappa shape index (κ2) is 15.9. The zero-order valence-electron chi connectivity index (χ0n) is 30.6. The number of hydrogen-bond acceptors (Lipinski definition) is 1. The first-order chi connectivity index (χ1) is 24.8. The zero-order valence-corrected chi connectivity index (χ0v) is 33.2. The molecule has 0 N–H and O–H groups in total. The van der Waals surface area contributed by atoms with Crippen LogP contribution in [-0.4, -0.2) is 124 Å². The van der Waals surface area contributed by atoms with Gasteiger partial charge in [0.2, 0.25) is 0 Å². The molecule has 7 heterocycles. The Labute approximate surface area is 304 Å². The molecule has 1 aromatic carbocycles. The predicted molar refractivity (Wildman–Crippen MR) is 205 cm³/mol. The smallest absolute Gasteiger partial charge is 0.245 e. The minimum Gasteiger partial charge on any atom is -0.245 e. The summed E-state index contributed by atoms with van der Waals surface area (Å²) in [4.78, 5) is 0. The monoisotopic (exact) mass is 770 g/mol. The van der Waals surface area contributed by atoms with Gasteiger partial charge in [0, 0.05) is 91.6 Å². The molecule has 0 aromatic heterocycles. The molecule has 0 atom stereocenters. The molecule has 0 amide bonds. The van der Waals surface area contributed by atoms with E-state index in [1.165, 1.54) is 89.2 Å². The molecule has 1 aromatic rings. The van der Waals surface area contributed by atoms with Crippen LogP contribution >= 0.6 is 22.5 Å². The van der Waals surface area contributed by atoms with Gasteiger partial charge in [0.1, 0.15) is 0 Å². The summed E-state index contributed by atoms with van der Waals surface area (Å²) in [7, 11) is -7.98. The highest BCUT2D eigenvalue weighted by Gasteiger charge is 2.50. The topological polar surface area (TPSA) is 59.8 Å². The molecule has 7 aliphatic rings. The first-order valence-electron chi connectivity index (χ1n) is 20.2. The van der Waals surface area contributed by atoms with Crippen molar-refractivity contribution in [1.82, 2.24) is 32.7 Å². The minimum absolute atomic E-state index is 0.598. The Morgan fingerprint density at radius 3 is 0.902 bits per heavy atom. The molecule has 0 radical (unpaired) electrons. The third kappa shape index (κ3) is 7.30. The molecule has 51 heavy (non-hydrogen) atoms. The summed E-state index contributed by atoms with van der Waals surface area (Å²) in [5.41, 5.74) is -0.0259. The molecule has 286 valence electrons. The number of alkyl halides is 3. The van der Waals surface area contributed by atoms with Gasteiger partial charge in [-0.3, -0.25) is 0 Å². The number of rotatable bonds is 10. The maximum Gasteiger partial charge on any atom is 0.416 e. The molecular formula is C35H60F3N10P3. The lowest BCUT2D eigenvalue weighted by molar-refractivity contribution is -0.137. The Morgan fingerprint density at radius 2 is 0.647 bits per heavy atom. The quantitative estimate of drug-likeness (QED) is 0.220. The fraction of sp³-hybridized carbons (Fsp3) is 0.829. The normalized spacial score (nSPS) is 26.3. The molecule has 0 aliphatic carbocycles. The number of benzene rings is 1. The molecule has 7 aliphatic heterocycles. The molecule has 0 bridgehead atoms. The predicted octanol–water partition coefficient (Wildman–Crippen LogP) is 9.85. The van der Waals surface area contributed by atoms with E-state index in [-0.39, 0.29) is 0 Å². The second-order valence-electron chi connectivity index (χ2n) is 15.6.